The Bertz CT molecular complexity index is 737. The Morgan fingerprint density at radius 3 is 2.38 bits per heavy atom. The number of carbonyl (C=O) groups is 2. The summed E-state index contributed by atoms with van der Waals surface area (Å²) in [5.74, 6) is 1.09. The molecule has 1 fully saturated rings. The molecule has 6 nitrogen and oxygen atoms in total. The average Bonchev–Trinajstić information content (AvgIpc) is 2.98. The quantitative estimate of drug-likeness (QED) is 0.721. The molecule has 1 unspecified atom stereocenters. The van der Waals surface area contributed by atoms with Crippen molar-refractivity contribution < 1.29 is 19.1 Å². The highest BCUT2D eigenvalue weighted by Gasteiger charge is 2.36. The molecular formula is C23H36N2O4. The van der Waals surface area contributed by atoms with Crippen LogP contribution in [0.2, 0.25) is 0 Å². The van der Waals surface area contributed by atoms with Crippen molar-refractivity contribution in [3.05, 3.63) is 23.8 Å². The van der Waals surface area contributed by atoms with Crippen molar-refractivity contribution >= 4 is 11.8 Å². The largest absolute Gasteiger partial charge is 0.493 e. The first kappa shape index (κ1) is 23.0. The second kappa shape index (κ2) is 9.06. The summed E-state index contributed by atoms with van der Waals surface area (Å²) in [5.41, 5.74) is 0.883. The molecule has 1 heterocycles. The van der Waals surface area contributed by atoms with Gasteiger partial charge in [0.2, 0.25) is 11.8 Å². The number of hydrogen-bond donors (Lipinski definition) is 1. The van der Waals surface area contributed by atoms with Gasteiger partial charge in [-0.15, -0.1) is 0 Å². The Labute approximate surface area is 174 Å². The third-order valence-electron chi connectivity index (χ3n) is 5.14. The highest BCUT2D eigenvalue weighted by Crippen LogP contribution is 2.29. The summed E-state index contributed by atoms with van der Waals surface area (Å²) in [4.78, 5) is 27.0. The van der Waals surface area contributed by atoms with Gasteiger partial charge in [-0.25, -0.2) is 0 Å². The van der Waals surface area contributed by atoms with Gasteiger partial charge < -0.3 is 19.7 Å². The molecular weight excluding hydrogens is 368 g/mol. The van der Waals surface area contributed by atoms with E-state index in [0.29, 0.717) is 31.0 Å². The molecule has 0 saturated carbocycles. The number of nitrogens with zero attached hydrogens (tertiary/aromatic N) is 1. The van der Waals surface area contributed by atoms with Crippen LogP contribution in [0.1, 0.15) is 53.0 Å². The highest BCUT2D eigenvalue weighted by molar-refractivity contribution is 5.89. The fourth-order valence-corrected chi connectivity index (χ4v) is 4.27. The summed E-state index contributed by atoms with van der Waals surface area (Å²) >= 11 is 0. The third kappa shape index (κ3) is 6.65. The smallest absolute Gasteiger partial charge is 0.225 e. The number of rotatable bonds is 8. The minimum absolute atomic E-state index is 0.0267. The van der Waals surface area contributed by atoms with E-state index in [1.165, 1.54) is 0 Å². The Morgan fingerprint density at radius 2 is 1.79 bits per heavy atom. The van der Waals surface area contributed by atoms with Gasteiger partial charge in [0, 0.05) is 25.0 Å². The Balaban J connectivity index is 1.92. The van der Waals surface area contributed by atoms with Gasteiger partial charge in [0.25, 0.3) is 0 Å². The average molecular weight is 405 g/mol. The normalized spacial score (nSPS) is 17.4. The van der Waals surface area contributed by atoms with Crippen LogP contribution in [0, 0.1) is 11.3 Å². The number of ether oxygens (including phenoxy) is 2. The first-order valence-corrected chi connectivity index (χ1v) is 10.2. The molecule has 2 rings (SSSR count). The maximum atomic E-state index is 12.7. The fraction of sp³-hybridized carbons (Fsp3) is 0.652. The molecule has 162 valence electrons. The molecule has 2 amide bonds. The lowest BCUT2D eigenvalue weighted by molar-refractivity contribution is -0.129. The van der Waals surface area contributed by atoms with Crippen molar-refractivity contribution in [3.63, 3.8) is 0 Å². The van der Waals surface area contributed by atoms with Crippen molar-refractivity contribution in [3.8, 4) is 11.5 Å². The topological polar surface area (TPSA) is 67.9 Å². The summed E-state index contributed by atoms with van der Waals surface area (Å²) in [6.45, 7) is 11.6. The van der Waals surface area contributed by atoms with E-state index in [2.05, 4.69) is 26.1 Å². The zero-order valence-corrected chi connectivity index (χ0v) is 18.9. The zero-order valence-electron chi connectivity index (χ0n) is 18.9. The molecule has 1 aliphatic rings. The van der Waals surface area contributed by atoms with Crippen molar-refractivity contribution in [2.45, 2.75) is 59.4 Å². The van der Waals surface area contributed by atoms with Gasteiger partial charge in [-0.1, -0.05) is 26.8 Å². The van der Waals surface area contributed by atoms with E-state index >= 15 is 0 Å². The lowest BCUT2D eigenvalue weighted by atomic mass is 9.81. The van der Waals surface area contributed by atoms with E-state index in [4.69, 9.17) is 9.47 Å². The van der Waals surface area contributed by atoms with Crippen LogP contribution in [0.15, 0.2) is 18.2 Å². The minimum Gasteiger partial charge on any atom is -0.493 e. The molecule has 0 bridgehead atoms. The molecule has 0 radical (unpaired) electrons. The van der Waals surface area contributed by atoms with Crippen molar-refractivity contribution in [1.82, 2.24) is 10.2 Å². The second-order valence-electron chi connectivity index (χ2n) is 9.79. The lowest BCUT2D eigenvalue weighted by Gasteiger charge is -2.34. The number of amides is 2. The van der Waals surface area contributed by atoms with Crippen LogP contribution in [0.5, 0.6) is 11.5 Å². The van der Waals surface area contributed by atoms with Crippen molar-refractivity contribution in [2.24, 2.45) is 11.3 Å². The summed E-state index contributed by atoms with van der Waals surface area (Å²) in [5, 5.41) is 3.15. The van der Waals surface area contributed by atoms with Crippen LogP contribution in [-0.2, 0) is 16.0 Å². The number of carbonyl (C=O) groups excluding carboxylic acids is 2. The van der Waals surface area contributed by atoms with Crippen LogP contribution in [0.3, 0.4) is 0 Å². The van der Waals surface area contributed by atoms with Crippen LogP contribution in [0.4, 0.5) is 0 Å². The minimum atomic E-state index is -0.300. The van der Waals surface area contributed by atoms with Crippen molar-refractivity contribution in [2.75, 3.05) is 27.3 Å². The first-order valence-electron chi connectivity index (χ1n) is 10.2. The Morgan fingerprint density at radius 1 is 1.14 bits per heavy atom. The molecule has 1 atom stereocenters. The first-order chi connectivity index (χ1) is 13.4. The molecule has 1 aliphatic heterocycles. The van der Waals surface area contributed by atoms with Gasteiger partial charge in [-0.2, -0.15) is 0 Å². The van der Waals surface area contributed by atoms with Crippen LogP contribution < -0.4 is 14.8 Å². The maximum absolute atomic E-state index is 12.7. The standard InChI is InChI=1S/C23H36N2O4/c1-22(2,3)15-23(4,5)24-21(27)17-13-20(26)25(14-17)11-10-16-8-9-18(28-6)19(12-16)29-7/h8-9,12,17H,10-11,13-15H2,1-7H3,(H,24,27). The van der Waals surface area contributed by atoms with Crippen LogP contribution in [-0.4, -0.2) is 49.6 Å². The molecule has 0 spiro atoms. The van der Waals surface area contributed by atoms with Crippen molar-refractivity contribution in [1.29, 1.82) is 0 Å². The monoisotopic (exact) mass is 404 g/mol. The number of methoxy groups -OCH3 is 2. The molecule has 6 heteroatoms. The van der Waals surface area contributed by atoms with E-state index in [-0.39, 0.29) is 35.1 Å². The van der Waals surface area contributed by atoms with E-state index in [1.54, 1.807) is 19.1 Å². The fourth-order valence-electron chi connectivity index (χ4n) is 4.27. The molecule has 29 heavy (non-hydrogen) atoms. The summed E-state index contributed by atoms with van der Waals surface area (Å²) in [6, 6.07) is 5.77. The predicted molar refractivity (Wildman–Crippen MR) is 114 cm³/mol. The van der Waals surface area contributed by atoms with Gasteiger partial charge in [0.15, 0.2) is 11.5 Å². The SMILES string of the molecule is COc1ccc(CCN2CC(C(=O)NC(C)(C)CC(C)(C)C)CC2=O)cc1OC. The van der Waals surface area contributed by atoms with Crippen LogP contribution >= 0.6 is 0 Å². The Kier molecular flexibility index (Phi) is 7.20. The predicted octanol–water partition coefficient (Wildman–Crippen LogP) is 3.43. The molecule has 1 N–H and O–H groups in total. The summed E-state index contributed by atoms with van der Waals surface area (Å²) < 4.78 is 10.6. The van der Waals surface area contributed by atoms with Gasteiger partial charge >= 0.3 is 0 Å². The number of likely N-dealkylation sites (tertiary alicyclic amines) is 1. The van der Waals surface area contributed by atoms with E-state index in [1.807, 2.05) is 32.0 Å². The molecule has 1 saturated heterocycles. The zero-order chi connectivity index (χ0) is 21.8. The van der Waals surface area contributed by atoms with Gasteiger partial charge in [0.1, 0.15) is 0 Å². The molecule has 1 aromatic rings. The molecule has 0 aliphatic carbocycles. The highest BCUT2D eigenvalue weighted by atomic mass is 16.5. The van der Waals surface area contributed by atoms with Crippen LogP contribution in [0.25, 0.3) is 0 Å². The number of benzene rings is 1. The van der Waals surface area contributed by atoms with E-state index in [0.717, 1.165) is 12.0 Å². The van der Waals surface area contributed by atoms with Gasteiger partial charge in [-0.3, -0.25) is 9.59 Å². The van der Waals surface area contributed by atoms with Gasteiger partial charge in [0.05, 0.1) is 20.1 Å². The van der Waals surface area contributed by atoms with Gasteiger partial charge in [-0.05, 0) is 49.8 Å². The number of hydrogen-bond acceptors (Lipinski definition) is 4. The molecule has 0 aromatic heterocycles. The third-order valence-corrected chi connectivity index (χ3v) is 5.14. The molecule has 1 aromatic carbocycles. The maximum Gasteiger partial charge on any atom is 0.225 e. The van der Waals surface area contributed by atoms with E-state index < -0.39 is 0 Å². The summed E-state index contributed by atoms with van der Waals surface area (Å²) in [6.07, 6.45) is 1.86. The lowest BCUT2D eigenvalue weighted by Crippen LogP contribution is -2.48. The van der Waals surface area contributed by atoms with E-state index in [9.17, 15) is 9.59 Å². The second-order valence-corrected chi connectivity index (χ2v) is 9.79. The summed E-state index contributed by atoms with van der Waals surface area (Å²) in [7, 11) is 3.21. The number of nitrogens with one attached hydrogen (secondary N) is 1. The Hall–Kier alpha value is -2.24.